The Morgan fingerprint density at radius 1 is 1.05 bits per heavy atom. The van der Waals surface area contributed by atoms with Crippen LogP contribution in [-0.4, -0.2) is 67.9 Å². The summed E-state index contributed by atoms with van der Waals surface area (Å²) in [5.74, 6) is -0.683. The molecule has 0 saturated carbocycles. The number of benzene rings is 1. The number of para-hydroxylation sites is 1. The number of aliphatic hydroxyl groups is 5. The van der Waals surface area contributed by atoms with Gasteiger partial charge in [-0.15, -0.1) is 0 Å². The molecule has 0 aliphatic rings. The number of rotatable bonds is 5. The first-order chi connectivity index (χ1) is 8.93. The molecular weight excluding hydrogens is 256 g/mol. The number of phenolic OH excluding ortho intramolecular Hbond substituents is 1. The molecule has 0 aliphatic heterocycles. The lowest BCUT2D eigenvalue weighted by atomic mass is 10.1. The molecular formula is C12H18O7. The number of carbonyl (C=O) groups excluding carboxylic acids is 1. The van der Waals surface area contributed by atoms with Crippen LogP contribution in [0.5, 0.6) is 5.75 Å². The molecule has 1 aromatic carbocycles. The maximum absolute atomic E-state index is 10.5. The molecule has 0 spiro atoms. The first-order valence-corrected chi connectivity index (χ1v) is 5.46. The zero-order valence-electron chi connectivity index (χ0n) is 10.1. The summed E-state index contributed by atoms with van der Waals surface area (Å²) in [5, 5.41) is 51.7. The van der Waals surface area contributed by atoms with Gasteiger partial charge in [0.2, 0.25) is 0 Å². The van der Waals surface area contributed by atoms with E-state index in [0.717, 1.165) is 0 Å². The van der Waals surface area contributed by atoms with Gasteiger partial charge >= 0.3 is 0 Å². The van der Waals surface area contributed by atoms with E-state index >= 15 is 0 Å². The fourth-order valence-corrected chi connectivity index (χ4v) is 1.03. The average Bonchev–Trinajstić information content (AvgIpc) is 2.45. The van der Waals surface area contributed by atoms with Gasteiger partial charge in [-0.3, -0.25) is 4.79 Å². The minimum atomic E-state index is -1.86. The van der Waals surface area contributed by atoms with Gasteiger partial charge in [-0.2, -0.15) is 0 Å². The molecule has 108 valence electrons. The summed E-state index contributed by atoms with van der Waals surface area (Å²) in [6.45, 7) is -1.69. The summed E-state index contributed by atoms with van der Waals surface area (Å²) in [7, 11) is 0. The monoisotopic (exact) mass is 274 g/mol. The lowest BCUT2D eigenvalue weighted by Gasteiger charge is -2.19. The number of carbonyl (C=O) groups is 1. The smallest absolute Gasteiger partial charge is 0.189 e. The van der Waals surface area contributed by atoms with Crippen LogP contribution in [-0.2, 0) is 4.79 Å². The molecule has 0 saturated heterocycles. The second kappa shape index (κ2) is 9.42. The molecule has 0 radical (unpaired) electrons. The first kappa shape index (κ1) is 17.5. The first-order valence-electron chi connectivity index (χ1n) is 5.46. The van der Waals surface area contributed by atoms with Crippen molar-refractivity contribution in [2.75, 3.05) is 13.2 Å². The molecule has 0 aromatic heterocycles. The van der Waals surface area contributed by atoms with Crippen LogP contribution in [0.25, 0.3) is 0 Å². The Balaban J connectivity index is 0.000000388. The molecule has 0 fully saturated rings. The highest BCUT2D eigenvalue weighted by Gasteiger charge is 2.28. The summed E-state index contributed by atoms with van der Waals surface area (Å²) < 4.78 is 0. The minimum absolute atomic E-state index is 0.322. The van der Waals surface area contributed by atoms with E-state index in [1.807, 2.05) is 6.07 Å². The van der Waals surface area contributed by atoms with E-state index in [0.29, 0.717) is 5.75 Å². The predicted octanol–water partition coefficient (Wildman–Crippen LogP) is -1.98. The molecule has 0 amide bonds. The maximum Gasteiger partial charge on any atom is 0.189 e. The third-order valence-electron chi connectivity index (χ3n) is 2.15. The van der Waals surface area contributed by atoms with Crippen LogP contribution in [0.1, 0.15) is 0 Å². The number of aliphatic hydroxyl groups excluding tert-OH is 5. The van der Waals surface area contributed by atoms with Crippen LogP contribution in [0.3, 0.4) is 0 Å². The Labute approximate surface area is 110 Å². The number of hydrogen-bond donors (Lipinski definition) is 6. The van der Waals surface area contributed by atoms with Crippen molar-refractivity contribution in [2.24, 2.45) is 0 Å². The molecule has 0 aliphatic carbocycles. The lowest BCUT2D eigenvalue weighted by Crippen LogP contribution is -2.44. The normalized spacial score (nSPS) is 14.8. The van der Waals surface area contributed by atoms with Gasteiger partial charge in [-0.05, 0) is 12.1 Å². The molecule has 0 heterocycles. The van der Waals surface area contributed by atoms with Gasteiger partial charge in [-0.1, -0.05) is 18.2 Å². The number of hydrogen-bond acceptors (Lipinski definition) is 7. The minimum Gasteiger partial charge on any atom is -0.508 e. The average molecular weight is 274 g/mol. The second-order valence-electron chi connectivity index (χ2n) is 3.65. The summed E-state index contributed by atoms with van der Waals surface area (Å²) in [4.78, 5) is 10.5. The van der Waals surface area contributed by atoms with Crippen LogP contribution in [0.4, 0.5) is 0 Å². The lowest BCUT2D eigenvalue weighted by molar-refractivity contribution is -0.142. The van der Waals surface area contributed by atoms with E-state index < -0.39 is 37.3 Å². The van der Waals surface area contributed by atoms with Crippen molar-refractivity contribution in [1.29, 1.82) is 0 Å². The van der Waals surface area contributed by atoms with Crippen LogP contribution in [0.2, 0.25) is 0 Å². The summed E-state index contributed by atoms with van der Waals surface area (Å²) in [6, 6.07) is 8.71. The van der Waals surface area contributed by atoms with Crippen LogP contribution in [0.15, 0.2) is 30.3 Å². The standard InChI is InChI=1S/C6H12O6.C6H6O/c7-1-3(9)5(11)6(12)4(10)2-8;7-6-4-2-1-3-5-6/h3,5-9,11-12H,1-2H2;1-5,7H/t3-,5+,6+;/m1./s1. The van der Waals surface area contributed by atoms with Crippen molar-refractivity contribution < 1.29 is 35.4 Å². The van der Waals surface area contributed by atoms with Gasteiger partial charge in [-0.25, -0.2) is 0 Å². The maximum atomic E-state index is 10.5. The third-order valence-corrected chi connectivity index (χ3v) is 2.15. The van der Waals surface area contributed by atoms with Gasteiger partial charge in [0.15, 0.2) is 5.78 Å². The van der Waals surface area contributed by atoms with Gasteiger partial charge in [0.25, 0.3) is 0 Å². The quantitative estimate of drug-likeness (QED) is 0.365. The van der Waals surface area contributed by atoms with E-state index in [1.54, 1.807) is 24.3 Å². The number of ketones is 1. The summed E-state index contributed by atoms with van der Waals surface area (Å²) in [5.41, 5.74) is 0. The number of phenols is 1. The Morgan fingerprint density at radius 2 is 1.58 bits per heavy atom. The molecule has 3 atom stereocenters. The van der Waals surface area contributed by atoms with Gasteiger partial charge in [0, 0.05) is 0 Å². The molecule has 1 aromatic rings. The molecule has 7 heteroatoms. The van der Waals surface area contributed by atoms with Crippen LogP contribution < -0.4 is 0 Å². The predicted molar refractivity (Wildman–Crippen MR) is 65.3 cm³/mol. The fourth-order valence-electron chi connectivity index (χ4n) is 1.03. The zero-order chi connectivity index (χ0) is 14.8. The molecule has 6 N–H and O–H groups in total. The highest BCUT2D eigenvalue weighted by molar-refractivity contribution is 5.84. The van der Waals surface area contributed by atoms with Crippen molar-refractivity contribution in [2.45, 2.75) is 18.3 Å². The van der Waals surface area contributed by atoms with Crippen LogP contribution >= 0.6 is 0 Å². The van der Waals surface area contributed by atoms with Crippen molar-refractivity contribution in [1.82, 2.24) is 0 Å². The van der Waals surface area contributed by atoms with Gasteiger partial charge in [0.1, 0.15) is 30.7 Å². The summed E-state index contributed by atoms with van der Waals surface area (Å²) in [6.07, 6.45) is -5.22. The Bertz CT molecular complexity index is 354. The van der Waals surface area contributed by atoms with E-state index in [-0.39, 0.29) is 0 Å². The second-order valence-corrected chi connectivity index (χ2v) is 3.65. The molecule has 7 nitrogen and oxygen atoms in total. The third kappa shape index (κ3) is 6.85. The SMILES string of the molecule is O=C(CO)[C@H](O)[C@@H](O)[C@H](O)CO.Oc1ccccc1. The van der Waals surface area contributed by atoms with Crippen LogP contribution in [0, 0.1) is 0 Å². The van der Waals surface area contributed by atoms with E-state index in [1.165, 1.54) is 0 Å². The molecule has 0 unspecified atom stereocenters. The summed E-state index contributed by atoms with van der Waals surface area (Å²) >= 11 is 0. The van der Waals surface area contributed by atoms with E-state index in [4.69, 9.17) is 30.6 Å². The molecule has 19 heavy (non-hydrogen) atoms. The largest absolute Gasteiger partial charge is 0.508 e. The highest BCUT2D eigenvalue weighted by Crippen LogP contribution is 2.02. The Morgan fingerprint density at radius 3 is 1.89 bits per heavy atom. The van der Waals surface area contributed by atoms with E-state index in [9.17, 15) is 4.79 Å². The Hall–Kier alpha value is -1.51. The van der Waals surface area contributed by atoms with Crippen molar-refractivity contribution in [3.63, 3.8) is 0 Å². The fraction of sp³-hybridized carbons (Fsp3) is 0.417. The van der Waals surface area contributed by atoms with Gasteiger partial charge in [0.05, 0.1) is 6.61 Å². The Kier molecular flexibility index (Phi) is 8.68. The number of aromatic hydroxyl groups is 1. The number of Topliss-reactive ketones (excluding diaryl/α,β-unsaturated/α-hetero) is 1. The zero-order valence-corrected chi connectivity index (χ0v) is 10.1. The molecule has 0 bridgehead atoms. The topological polar surface area (TPSA) is 138 Å². The molecule has 1 rings (SSSR count). The van der Waals surface area contributed by atoms with Crippen molar-refractivity contribution in [3.05, 3.63) is 30.3 Å². The van der Waals surface area contributed by atoms with Crippen molar-refractivity contribution in [3.8, 4) is 5.75 Å². The highest BCUT2D eigenvalue weighted by atomic mass is 16.4. The van der Waals surface area contributed by atoms with E-state index in [2.05, 4.69) is 0 Å². The van der Waals surface area contributed by atoms with Gasteiger partial charge < -0.3 is 30.6 Å². The van der Waals surface area contributed by atoms with Crippen molar-refractivity contribution >= 4 is 5.78 Å².